The average molecular weight is 217 g/mol. The lowest BCUT2D eigenvalue weighted by Gasteiger charge is -2.01. The van der Waals surface area contributed by atoms with E-state index in [1.165, 1.54) is 0 Å². The molecule has 0 bridgehead atoms. The van der Waals surface area contributed by atoms with Gasteiger partial charge in [0.15, 0.2) is 0 Å². The molecule has 0 aliphatic heterocycles. The molecule has 1 aromatic heterocycles. The quantitative estimate of drug-likeness (QED) is 0.620. The van der Waals surface area contributed by atoms with Gasteiger partial charge in [0.25, 0.3) is 0 Å². The molecule has 0 amide bonds. The maximum atomic E-state index is 11.6. The van der Waals surface area contributed by atoms with Crippen molar-refractivity contribution < 1.29 is 14.1 Å². The predicted molar refractivity (Wildman–Crippen MR) is 57.5 cm³/mol. The molecule has 1 heterocycles. The van der Waals surface area contributed by atoms with Crippen LogP contribution in [0.4, 0.5) is 0 Å². The van der Waals surface area contributed by atoms with Gasteiger partial charge in [-0.3, -0.25) is 0 Å². The molecule has 82 valence electrons. The molecule has 0 unspecified atom stereocenters. The molecule has 0 fully saturated rings. The molecular weight excluding hydrogens is 204 g/mol. The van der Waals surface area contributed by atoms with Crippen molar-refractivity contribution >= 4 is 5.97 Å². The number of aromatic amines is 1. The number of aromatic nitrogens is 2. The van der Waals surface area contributed by atoms with Crippen LogP contribution in [0.3, 0.4) is 0 Å². The Kier molecular flexibility index (Phi) is 3.00. The van der Waals surface area contributed by atoms with Crippen molar-refractivity contribution in [2.45, 2.75) is 6.61 Å². The molecule has 4 heteroatoms. The van der Waals surface area contributed by atoms with Crippen molar-refractivity contribution in [3.8, 4) is 0 Å². The molecule has 1 aromatic carbocycles. The Balaban J connectivity index is 1.97. The zero-order valence-electron chi connectivity index (χ0n) is 9.01. The molecule has 2 aromatic rings. The van der Waals surface area contributed by atoms with Crippen molar-refractivity contribution in [2.24, 2.45) is 7.05 Å². The number of carbonyl (C=O) groups is 1. The van der Waals surface area contributed by atoms with Crippen LogP contribution in [0.15, 0.2) is 42.7 Å². The summed E-state index contributed by atoms with van der Waals surface area (Å²) in [5, 5.41) is 0. The zero-order chi connectivity index (χ0) is 11.4. The van der Waals surface area contributed by atoms with Crippen molar-refractivity contribution in [2.75, 3.05) is 0 Å². The van der Waals surface area contributed by atoms with Gasteiger partial charge < -0.3 is 4.74 Å². The molecular formula is C12H13N2O2+. The summed E-state index contributed by atoms with van der Waals surface area (Å²) in [5.74, 6) is 0.0901. The van der Waals surface area contributed by atoms with Crippen molar-refractivity contribution in [1.29, 1.82) is 0 Å². The molecule has 0 aliphatic carbocycles. The van der Waals surface area contributed by atoms with Gasteiger partial charge in [0.2, 0.25) is 0 Å². The van der Waals surface area contributed by atoms with Gasteiger partial charge in [-0.15, -0.1) is 0 Å². The minimum atomic E-state index is -0.351. The number of H-pyrrole nitrogens is 1. The van der Waals surface area contributed by atoms with Crippen LogP contribution in [0, 0.1) is 0 Å². The van der Waals surface area contributed by atoms with Crippen LogP contribution in [0.25, 0.3) is 0 Å². The number of rotatable bonds is 3. The highest BCUT2D eigenvalue weighted by atomic mass is 16.5. The molecule has 16 heavy (non-hydrogen) atoms. The fourth-order valence-corrected chi connectivity index (χ4v) is 1.40. The van der Waals surface area contributed by atoms with Crippen LogP contribution in [0.1, 0.15) is 16.2 Å². The first-order valence-electron chi connectivity index (χ1n) is 5.01. The van der Waals surface area contributed by atoms with Crippen molar-refractivity contribution in [3.63, 3.8) is 0 Å². The van der Waals surface area contributed by atoms with Crippen molar-refractivity contribution in [3.05, 3.63) is 54.1 Å². The van der Waals surface area contributed by atoms with Gasteiger partial charge in [0, 0.05) is 0 Å². The molecule has 0 saturated carbocycles. The molecule has 1 N–H and O–H groups in total. The highest BCUT2D eigenvalue weighted by Crippen LogP contribution is 2.02. The number of nitrogens with zero attached hydrogens (tertiary/aromatic N) is 1. The fourth-order valence-electron chi connectivity index (χ4n) is 1.40. The molecule has 0 atom stereocenters. The summed E-state index contributed by atoms with van der Waals surface area (Å²) in [4.78, 5) is 14.5. The van der Waals surface area contributed by atoms with Gasteiger partial charge >= 0.3 is 11.8 Å². The smallest absolute Gasteiger partial charge is 0.422 e. The number of hydrogen-bond donors (Lipinski definition) is 1. The van der Waals surface area contributed by atoms with Gasteiger partial charge in [0.1, 0.15) is 19.0 Å². The highest BCUT2D eigenvalue weighted by molar-refractivity contribution is 5.83. The third-order valence-electron chi connectivity index (χ3n) is 2.28. The lowest BCUT2D eigenvalue weighted by atomic mass is 10.2. The number of esters is 1. The number of nitrogens with one attached hydrogen (secondary N) is 1. The number of benzene rings is 1. The van der Waals surface area contributed by atoms with E-state index >= 15 is 0 Å². The van der Waals surface area contributed by atoms with Gasteiger partial charge in [-0.1, -0.05) is 30.3 Å². The fraction of sp³-hybridized carbons (Fsp3) is 0.167. The van der Waals surface area contributed by atoms with Gasteiger partial charge in [-0.2, -0.15) is 0 Å². The summed E-state index contributed by atoms with van der Waals surface area (Å²) >= 11 is 0. The first-order valence-corrected chi connectivity index (χ1v) is 5.01. The van der Waals surface area contributed by atoms with E-state index in [-0.39, 0.29) is 5.97 Å². The van der Waals surface area contributed by atoms with E-state index in [2.05, 4.69) is 4.98 Å². The van der Waals surface area contributed by atoms with E-state index in [0.29, 0.717) is 12.4 Å². The molecule has 0 aliphatic rings. The lowest BCUT2D eigenvalue weighted by molar-refractivity contribution is -0.672. The van der Waals surface area contributed by atoms with Crippen LogP contribution in [-0.2, 0) is 18.4 Å². The largest absolute Gasteiger partial charge is 0.452 e. The first-order chi connectivity index (χ1) is 7.77. The summed E-state index contributed by atoms with van der Waals surface area (Å²) in [7, 11) is 1.79. The maximum absolute atomic E-state index is 11.6. The molecule has 0 radical (unpaired) electrons. The second-order valence-electron chi connectivity index (χ2n) is 3.48. The number of imidazole rings is 1. The van der Waals surface area contributed by atoms with E-state index in [1.54, 1.807) is 24.0 Å². The van der Waals surface area contributed by atoms with Gasteiger partial charge in [-0.05, 0) is 5.56 Å². The Hall–Kier alpha value is -2.10. The van der Waals surface area contributed by atoms with E-state index in [1.807, 2.05) is 30.3 Å². The Morgan fingerprint density at radius 2 is 2.12 bits per heavy atom. The molecule has 4 nitrogen and oxygen atoms in total. The Morgan fingerprint density at radius 3 is 2.75 bits per heavy atom. The van der Waals surface area contributed by atoms with Crippen LogP contribution in [0.2, 0.25) is 0 Å². The average Bonchev–Trinajstić information content (AvgIpc) is 2.74. The maximum Gasteiger partial charge on any atom is 0.422 e. The summed E-state index contributed by atoms with van der Waals surface area (Å²) in [6, 6.07) is 9.59. The van der Waals surface area contributed by atoms with E-state index in [0.717, 1.165) is 5.56 Å². The first kappa shape index (κ1) is 10.4. The van der Waals surface area contributed by atoms with Gasteiger partial charge in [0.05, 0.1) is 7.05 Å². The van der Waals surface area contributed by atoms with Crippen LogP contribution in [0.5, 0.6) is 0 Å². The van der Waals surface area contributed by atoms with Gasteiger partial charge in [-0.25, -0.2) is 14.3 Å². The van der Waals surface area contributed by atoms with Crippen LogP contribution < -0.4 is 4.57 Å². The van der Waals surface area contributed by atoms with E-state index in [4.69, 9.17) is 4.74 Å². The zero-order valence-corrected chi connectivity index (χ0v) is 9.01. The standard InChI is InChI=1S/C12H12N2O2/c1-14-8-7-13-11(14)12(15)16-9-10-5-3-2-4-6-10/h2-8H,9H2,1H3/p+1. The highest BCUT2D eigenvalue weighted by Gasteiger charge is 2.18. The summed E-state index contributed by atoms with van der Waals surface area (Å²) in [5.41, 5.74) is 0.977. The minimum absolute atomic E-state index is 0.290. The topological polar surface area (TPSA) is 46.0 Å². The number of aryl methyl sites for hydroxylation is 1. The normalized spacial score (nSPS) is 10.1. The third-order valence-corrected chi connectivity index (χ3v) is 2.28. The third kappa shape index (κ3) is 2.28. The minimum Gasteiger partial charge on any atom is -0.452 e. The number of ether oxygens (including phenoxy) is 1. The summed E-state index contributed by atoms with van der Waals surface area (Å²) in [6.45, 7) is 0.290. The Morgan fingerprint density at radius 1 is 1.38 bits per heavy atom. The predicted octanol–water partition coefficient (Wildman–Crippen LogP) is 1.20. The summed E-state index contributed by atoms with van der Waals surface area (Å²) in [6.07, 6.45) is 3.46. The Labute approximate surface area is 93.5 Å². The molecule has 2 rings (SSSR count). The second kappa shape index (κ2) is 4.61. The monoisotopic (exact) mass is 217 g/mol. The second-order valence-corrected chi connectivity index (χ2v) is 3.48. The van der Waals surface area contributed by atoms with Crippen molar-refractivity contribution in [1.82, 2.24) is 4.98 Å². The molecule has 0 spiro atoms. The van der Waals surface area contributed by atoms with E-state index in [9.17, 15) is 4.79 Å². The SMILES string of the molecule is C[n+]1cc[nH]c1C(=O)OCc1ccccc1. The summed E-state index contributed by atoms with van der Waals surface area (Å²) < 4.78 is 6.85. The lowest BCUT2D eigenvalue weighted by Crippen LogP contribution is -2.34. The van der Waals surface area contributed by atoms with E-state index < -0.39 is 0 Å². The van der Waals surface area contributed by atoms with Crippen LogP contribution in [-0.4, -0.2) is 11.0 Å². The Bertz CT molecular complexity index is 477. The molecule has 0 saturated heterocycles. The number of carbonyl (C=O) groups excluding carboxylic acids is 1. The number of hydrogen-bond acceptors (Lipinski definition) is 2. The van der Waals surface area contributed by atoms with Crippen LogP contribution >= 0.6 is 0 Å².